The summed E-state index contributed by atoms with van der Waals surface area (Å²) in [5.74, 6) is -1.44. The average molecular weight is 271 g/mol. The van der Waals surface area contributed by atoms with E-state index in [0.29, 0.717) is 0 Å². The van der Waals surface area contributed by atoms with Crippen LogP contribution < -0.4 is 9.84 Å². The molecule has 0 spiro atoms. The maximum absolute atomic E-state index is 11.0. The van der Waals surface area contributed by atoms with Crippen molar-refractivity contribution >= 4 is 16.1 Å². The molecule has 0 fully saturated rings. The molecule has 0 aromatic heterocycles. The highest BCUT2D eigenvalue weighted by molar-refractivity contribution is 7.86. The van der Waals surface area contributed by atoms with E-state index in [1.165, 1.54) is 24.3 Å². The first-order valence-electron chi connectivity index (χ1n) is 4.91. The second-order valence-corrected chi connectivity index (χ2v) is 4.80. The van der Waals surface area contributed by atoms with Crippen molar-refractivity contribution in [2.24, 2.45) is 0 Å². The summed E-state index contributed by atoms with van der Waals surface area (Å²) in [6, 6.07) is 5.48. The van der Waals surface area contributed by atoms with Crippen LogP contribution >= 0.6 is 0 Å². The van der Waals surface area contributed by atoms with Crippen LogP contribution in [0.25, 0.3) is 0 Å². The minimum atomic E-state index is -4.38. The van der Waals surface area contributed by atoms with E-state index in [0.717, 1.165) is 0 Å². The van der Waals surface area contributed by atoms with Crippen LogP contribution in [-0.2, 0) is 14.9 Å². The first-order chi connectivity index (χ1) is 8.32. The number of hydrogen-bond donors (Lipinski definition) is 1. The summed E-state index contributed by atoms with van der Waals surface area (Å²) >= 11 is 0. The van der Waals surface area contributed by atoms with Crippen LogP contribution in [-0.4, -0.2) is 25.5 Å². The molecule has 0 heterocycles. The molecule has 0 atom stereocenters. The van der Waals surface area contributed by atoms with Gasteiger partial charge < -0.3 is 14.6 Å². The number of benzene rings is 1. The van der Waals surface area contributed by atoms with Crippen LogP contribution in [0.3, 0.4) is 0 Å². The highest BCUT2D eigenvalue weighted by Crippen LogP contribution is 2.23. The molecule has 0 aliphatic heterocycles. The molecular formula is C11H11O6S-. The van der Waals surface area contributed by atoms with E-state index in [1.54, 1.807) is 0 Å². The highest BCUT2D eigenvalue weighted by Gasteiger charge is 2.15. The van der Waals surface area contributed by atoms with Crippen LogP contribution in [0.2, 0.25) is 0 Å². The standard InChI is InChI=1S/C11H12O6S/c1-8(11(12)13)6-7-17-9-4-2-3-5-10(9)18(14,15)16/h2-5H,1,6-7H2,(H,12,13)(H,14,15,16)/p-1. The number of para-hydroxylation sites is 1. The van der Waals surface area contributed by atoms with E-state index in [-0.39, 0.29) is 29.2 Å². The lowest BCUT2D eigenvalue weighted by molar-refractivity contribution is -0.299. The molecular weight excluding hydrogens is 260 g/mol. The van der Waals surface area contributed by atoms with E-state index >= 15 is 0 Å². The number of rotatable bonds is 6. The van der Waals surface area contributed by atoms with E-state index in [2.05, 4.69) is 6.58 Å². The molecule has 0 aliphatic rings. The quantitative estimate of drug-likeness (QED) is 0.577. The summed E-state index contributed by atoms with van der Waals surface area (Å²) in [6.45, 7) is 3.16. The Bertz CT molecular complexity index is 561. The van der Waals surface area contributed by atoms with Crippen molar-refractivity contribution in [1.29, 1.82) is 0 Å². The van der Waals surface area contributed by atoms with Gasteiger partial charge in [0.05, 0.1) is 12.6 Å². The van der Waals surface area contributed by atoms with Gasteiger partial charge in [-0.3, -0.25) is 4.55 Å². The number of hydrogen-bond acceptors (Lipinski definition) is 5. The van der Waals surface area contributed by atoms with Gasteiger partial charge in [0.25, 0.3) is 10.1 Å². The van der Waals surface area contributed by atoms with Crippen LogP contribution in [0, 0.1) is 0 Å². The molecule has 1 rings (SSSR count). The molecule has 7 heteroatoms. The summed E-state index contributed by atoms with van der Waals surface area (Å²) < 4.78 is 36.1. The van der Waals surface area contributed by atoms with Gasteiger partial charge in [-0.2, -0.15) is 8.42 Å². The Kier molecular flexibility index (Phi) is 4.46. The summed E-state index contributed by atoms with van der Waals surface area (Å²) in [7, 11) is -4.38. The zero-order valence-electron chi connectivity index (χ0n) is 9.33. The minimum absolute atomic E-state index is 0.0118. The first-order valence-corrected chi connectivity index (χ1v) is 6.35. The van der Waals surface area contributed by atoms with E-state index in [9.17, 15) is 18.3 Å². The van der Waals surface area contributed by atoms with Gasteiger partial charge >= 0.3 is 0 Å². The van der Waals surface area contributed by atoms with Crippen molar-refractivity contribution in [3.05, 3.63) is 36.4 Å². The smallest absolute Gasteiger partial charge is 0.298 e. The zero-order chi connectivity index (χ0) is 13.8. The third-order valence-corrected chi connectivity index (χ3v) is 2.97. The van der Waals surface area contributed by atoms with E-state index < -0.39 is 16.1 Å². The fourth-order valence-electron chi connectivity index (χ4n) is 1.17. The second kappa shape index (κ2) is 5.65. The fourth-order valence-corrected chi connectivity index (χ4v) is 1.80. The normalized spacial score (nSPS) is 10.9. The predicted molar refractivity (Wildman–Crippen MR) is 60.5 cm³/mol. The van der Waals surface area contributed by atoms with Crippen molar-refractivity contribution in [3.8, 4) is 5.75 Å². The highest BCUT2D eigenvalue weighted by atomic mass is 32.2. The summed E-state index contributed by atoms with van der Waals surface area (Å²) in [4.78, 5) is 9.99. The van der Waals surface area contributed by atoms with E-state index in [1.807, 2.05) is 0 Å². The Hall–Kier alpha value is -1.86. The molecule has 6 nitrogen and oxygen atoms in total. The number of carboxylic acids is 1. The molecule has 0 saturated heterocycles. The number of ether oxygens (including phenoxy) is 1. The zero-order valence-corrected chi connectivity index (χ0v) is 10.1. The molecule has 0 saturated carbocycles. The first kappa shape index (κ1) is 14.2. The molecule has 0 bridgehead atoms. The molecule has 1 aromatic rings. The van der Waals surface area contributed by atoms with Crippen LogP contribution in [0.4, 0.5) is 0 Å². The van der Waals surface area contributed by atoms with Crippen molar-refractivity contribution in [2.45, 2.75) is 11.3 Å². The summed E-state index contributed by atoms with van der Waals surface area (Å²) in [5.41, 5.74) is -0.153. The molecule has 0 aliphatic carbocycles. The Morgan fingerprint density at radius 3 is 2.56 bits per heavy atom. The molecule has 98 valence electrons. The van der Waals surface area contributed by atoms with Crippen LogP contribution in [0.5, 0.6) is 5.75 Å². The predicted octanol–water partition coefficient (Wildman–Crippen LogP) is 0.00830. The Balaban J connectivity index is 2.75. The molecule has 18 heavy (non-hydrogen) atoms. The average Bonchev–Trinajstić information content (AvgIpc) is 2.28. The summed E-state index contributed by atoms with van der Waals surface area (Å²) in [6.07, 6.45) is -0.0118. The fraction of sp³-hybridized carbons (Fsp3) is 0.182. The molecule has 0 amide bonds. The number of carbonyl (C=O) groups is 1. The van der Waals surface area contributed by atoms with Gasteiger partial charge in [-0.05, 0) is 17.7 Å². The lowest BCUT2D eigenvalue weighted by atomic mass is 10.2. The van der Waals surface area contributed by atoms with Crippen molar-refractivity contribution in [3.63, 3.8) is 0 Å². The van der Waals surface area contributed by atoms with Crippen LogP contribution in [0.15, 0.2) is 41.3 Å². The molecule has 1 aromatic carbocycles. The lowest BCUT2D eigenvalue weighted by Crippen LogP contribution is -2.24. The maximum Gasteiger partial charge on any atom is 0.298 e. The number of carbonyl (C=O) groups excluding carboxylic acids is 1. The topological polar surface area (TPSA) is 104 Å². The minimum Gasteiger partial charge on any atom is -0.545 e. The maximum atomic E-state index is 11.0. The van der Waals surface area contributed by atoms with Gasteiger partial charge in [-0.1, -0.05) is 18.7 Å². The van der Waals surface area contributed by atoms with Crippen molar-refractivity contribution in [1.82, 2.24) is 0 Å². The number of carboxylic acid groups (broad SMARTS) is 1. The van der Waals surface area contributed by atoms with E-state index in [4.69, 9.17) is 9.29 Å². The summed E-state index contributed by atoms with van der Waals surface area (Å²) in [5, 5.41) is 10.4. The Morgan fingerprint density at radius 1 is 1.39 bits per heavy atom. The van der Waals surface area contributed by atoms with Crippen molar-refractivity contribution in [2.75, 3.05) is 6.61 Å². The van der Waals surface area contributed by atoms with Gasteiger partial charge in [0.2, 0.25) is 0 Å². The third kappa shape index (κ3) is 3.86. The SMILES string of the molecule is C=C(CCOc1ccccc1S(=O)(=O)O)C(=O)[O-]. The van der Waals surface area contributed by atoms with Gasteiger partial charge in [0, 0.05) is 6.42 Å². The lowest BCUT2D eigenvalue weighted by Gasteiger charge is -2.10. The van der Waals surface area contributed by atoms with Gasteiger partial charge in [0.1, 0.15) is 10.6 Å². The third-order valence-electron chi connectivity index (χ3n) is 2.08. The van der Waals surface area contributed by atoms with Gasteiger partial charge in [0.15, 0.2) is 0 Å². The Morgan fingerprint density at radius 2 is 2.00 bits per heavy atom. The largest absolute Gasteiger partial charge is 0.545 e. The second-order valence-electron chi connectivity index (χ2n) is 3.41. The Labute approximate surface area is 104 Å². The number of aliphatic carboxylic acids is 1. The molecule has 1 N–H and O–H groups in total. The monoisotopic (exact) mass is 271 g/mol. The van der Waals surface area contributed by atoms with Gasteiger partial charge in [-0.25, -0.2) is 0 Å². The molecule has 0 radical (unpaired) electrons. The van der Waals surface area contributed by atoms with Gasteiger partial charge in [-0.15, -0.1) is 0 Å². The molecule has 0 unspecified atom stereocenters. The van der Waals surface area contributed by atoms with Crippen molar-refractivity contribution < 1.29 is 27.6 Å². The van der Waals surface area contributed by atoms with Crippen LogP contribution in [0.1, 0.15) is 6.42 Å².